The topological polar surface area (TPSA) is 134 Å². The molecule has 1 amide bonds. The Morgan fingerprint density at radius 1 is 1.40 bits per heavy atom. The lowest BCUT2D eigenvalue weighted by atomic mass is 10.3. The van der Waals surface area contributed by atoms with Crippen LogP contribution in [0.5, 0.6) is 0 Å². The molecule has 0 aliphatic carbocycles. The van der Waals surface area contributed by atoms with Crippen molar-refractivity contribution >= 4 is 11.9 Å². The number of nitrogens with zero attached hydrogens (tertiary/aromatic N) is 1. The standard InChI is InChI=1S/C4H11N5O/c5-2(3(6)10)1-9-4(7)8/h2H,1,5H2,(H2,6,10)(H4,7,8,9)/t2-/m0/s1. The number of amides is 1. The largest absolute Gasteiger partial charge is 0.370 e. The Kier molecular flexibility index (Phi) is 3.20. The van der Waals surface area contributed by atoms with E-state index in [0.29, 0.717) is 0 Å². The fourth-order valence-corrected chi connectivity index (χ4v) is 0.294. The van der Waals surface area contributed by atoms with E-state index in [1.807, 2.05) is 0 Å². The molecule has 0 aliphatic rings. The lowest BCUT2D eigenvalue weighted by molar-refractivity contribution is -0.119. The number of aliphatic imine (C=N–C) groups is 1. The molecule has 8 N–H and O–H groups in total. The number of hydrogen-bond donors (Lipinski definition) is 4. The van der Waals surface area contributed by atoms with Gasteiger partial charge in [0.25, 0.3) is 0 Å². The Labute approximate surface area is 58.3 Å². The molecule has 58 valence electrons. The van der Waals surface area contributed by atoms with Gasteiger partial charge in [0, 0.05) is 0 Å². The molecule has 0 aliphatic heterocycles. The Morgan fingerprint density at radius 2 is 1.90 bits per heavy atom. The minimum absolute atomic E-state index is 0.0394. The summed E-state index contributed by atoms with van der Waals surface area (Å²) in [6.45, 7) is 0.0394. The molecule has 0 radical (unpaired) electrons. The molecule has 1 atom stereocenters. The van der Waals surface area contributed by atoms with E-state index in [0.717, 1.165) is 0 Å². The maximum atomic E-state index is 10.3. The molecule has 0 rings (SSSR count). The van der Waals surface area contributed by atoms with Crippen LogP contribution in [0.4, 0.5) is 0 Å². The zero-order chi connectivity index (χ0) is 8.15. The third-order valence-corrected chi connectivity index (χ3v) is 0.836. The molecule has 0 fully saturated rings. The Hall–Kier alpha value is -1.30. The summed E-state index contributed by atoms with van der Waals surface area (Å²) in [6.07, 6.45) is 0. The summed E-state index contributed by atoms with van der Waals surface area (Å²) in [5.74, 6) is -0.721. The smallest absolute Gasteiger partial charge is 0.236 e. The zero-order valence-electron chi connectivity index (χ0n) is 5.45. The lowest BCUT2D eigenvalue weighted by Crippen LogP contribution is -2.39. The van der Waals surface area contributed by atoms with Crippen LogP contribution in [0.25, 0.3) is 0 Å². The van der Waals surface area contributed by atoms with E-state index in [-0.39, 0.29) is 12.5 Å². The van der Waals surface area contributed by atoms with Gasteiger partial charge >= 0.3 is 0 Å². The molecule has 0 spiro atoms. The lowest BCUT2D eigenvalue weighted by Gasteiger charge is -2.01. The maximum absolute atomic E-state index is 10.3. The number of nitrogens with two attached hydrogens (primary N) is 4. The fourth-order valence-electron chi connectivity index (χ4n) is 0.294. The van der Waals surface area contributed by atoms with Crippen molar-refractivity contribution < 1.29 is 4.79 Å². The van der Waals surface area contributed by atoms with E-state index in [4.69, 9.17) is 22.9 Å². The van der Waals surface area contributed by atoms with Crippen LogP contribution in [0.2, 0.25) is 0 Å². The van der Waals surface area contributed by atoms with Crippen molar-refractivity contribution in [1.82, 2.24) is 0 Å². The minimum atomic E-state index is -0.804. The number of primary amides is 1. The highest BCUT2D eigenvalue weighted by molar-refractivity contribution is 5.81. The summed E-state index contributed by atoms with van der Waals surface area (Å²) in [5.41, 5.74) is 19.9. The molecule has 0 unspecified atom stereocenters. The van der Waals surface area contributed by atoms with Gasteiger partial charge in [-0.25, -0.2) is 0 Å². The van der Waals surface area contributed by atoms with Gasteiger partial charge in [0.1, 0.15) is 6.04 Å². The summed E-state index contributed by atoms with van der Waals surface area (Å²) in [5, 5.41) is 0. The van der Waals surface area contributed by atoms with Gasteiger partial charge in [0.15, 0.2) is 5.96 Å². The van der Waals surface area contributed by atoms with E-state index < -0.39 is 11.9 Å². The van der Waals surface area contributed by atoms with Gasteiger partial charge in [-0.3, -0.25) is 9.79 Å². The van der Waals surface area contributed by atoms with Gasteiger partial charge in [-0.05, 0) is 0 Å². The molecule has 0 saturated carbocycles. The average Bonchev–Trinajstić information content (AvgIpc) is 1.82. The van der Waals surface area contributed by atoms with Crippen LogP contribution in [0, 0.1) is 0 Å². The molecule has 0 aromatic rings. The normalized spacial score (nSPS) is 12.1. The summed E-state index contributed by atoms with van der Waals surface area (Å²) in [4.78, 5) is 13.8. The van der Waals surface area contributed by atoms with Gasteiger partial charge in [-0.1, -0.05) is 0 Å². The predicted molar refractivity (Wildman–Crippen MR) is 37.8 cm³/mol. The van der Waals surface area contributed by atoms with Crippen LogP contribution >= 0.6 is 0 Å². The second-order valence-corrected chi connectivity index (χ2v) is 1.77. The second-order valence-electron chi connectivity index (χ2n) is 1.77. The molecule has 0 bridgehead atoms. The van der Waals surface area contributed by atoms with E-state index in [1.54, 1.807) is 0 Å². The van der Waals surface area contributed by atoms with Gasteiger partial charge in [0.2, 0.25) is 5.91 Å². The summed E-state index contributed by atoms with van der Waals surface area (Å²) in [7, 11) is 0. The SMILES string of the molecule is NC(=O)[C@@H](N)CN=C(N)N. The first kappa shape index (κ1) is 8.70. The monoisotopic (exact) mass is 145 g/mol. The molecule has 0 saturated heterocycles. The molecule has 10 heavy (non-hydrogen) atoms. The number of carbonyl (C=O) groups is 1. The molecular formula is C4H11N5O. The Balaban J connectivity index is 3.70. The highest BCUT2D eigenvalue weighted by Gasteiger charge is 2.06. The number of hydrogen-bond acceptors (Lipinski definition) is 3. The zero-order valence-corrected chi connectivity index (χ0v) is 5.45. The Morgan fingerprint density at radius 3 is 2.20 bits per heavy atom. The summed E-state index contributed by atoms with van der Waals surface area (Å²) in [6, 6.07) is -0.804. The first-order valence-electron chi connectivity index (χ1n) is 2.64. The van der Waals surface area contributed by atoms with Crippen molar-refractivity contribution in [3.8, 4) is 0 Å². The van der Waals surface area contributed by atoms with E-state index in [9.17, 15) is 4.79 Å². The minimum Gasteiger partial charge on any atom is -0.370 e. The molecule has 0 aromatic heterocycles. The van der Waals surface area contributed by atoms with Gasteiger partial charge in [-0.15, -0.1) is 0 Å². The van der Waals surface area contributed by atoms with Gasteiger partial charge < -0.3 is 22.9 Å². The van der Waals surface area contributed by atoms with E-state index in [1.165, 1.54) is 0 Å². The fraction of sp³-hybridized carbons (Fsp3) is 0.500. The van der Waals surface area contributed by atoms with Gasteiger partial charge in [-0.2, -0.15) is 0 Å². The van der Waals surface area contributed by atoms with Crippen molar-refractivity contribution in [3.63, 3.8) is 0 Å². The molecular weight excluding hydrogens is 134 g/mol. The molecule has 6 heteroatoms. The number of guanidine groups is 1. The van der Waals surface area contributed by atoms with Crippen LogP contribution in [0.1, 0.15) is 0 Å². The van der Waals surface area contributed by atoms with E-state index in [2.05, 4.69) is 4.99 Å². The molecule has 0 heterocycles. The number of carbonyl (C=O) groups excluding carboxylic acids is 1. The van der Waals surface area contributed by atoms with Crippen LogP contribution in [-0.2, 0) is 4.79 Å². The summed E-state index contributed by atoms with van der Waals surface area (Å²) < 4.78 is 0. The second kappa shape index (κ2) is 3.67. The molecule has 6 nitrogen and oxygen atoms in total. The molecule has 0 aromatic carbocycles. The first-order valence-corrected chi connectivity index (χ1v) is 2.64. The van der Waals surface area contributed by atoms with Gasteiger partial charge in [0.05, 0.1) is 6.54 Å². The van der Waals surface area contributed by atoms with Crippen molar-refractivity contribution in [2.75, 3.05) is 6.54 Å². The van der Waals surface area contributed by atoms with Crippen LogP contribution in [-0.4, -0.2) is 24.5 Å². The third kappa shape index (κ3) is 3.67. The maximum Gasteiger partial charge on any atom is 0.236 e. The van der Waals surface area contributed by atoms with Crippen molar-refractivity contribution in [2.45, 2.75) is 6.04 Å². The first-order chi connectivity index (χ1) is 4.54. The van der Waals surface area contributed by atoms with Crippen molar-refractivity contribution in [1.29, 1.82) is 0 Å². The average molecular weight is 145 g/mol. The quantitative estimate of drug-likeness (QED) is 0.250. The van der Waals surface area contributed by atoms with Crippen LogP contribution in [0.3, 0.4) is 0 Å². The Bertz CT molecular complexity index is 150. The van der Waals surface area contributed by atoms with Crippen molar-refractivity contribution in [2.24, 2.45) is 27.9 Å². The van der Waals surface area contributed by atoms with Crippen molar-refractivity contribution in [3.05, 3.63) is 0 Å². The van der Waals surface area contributed by atoms with Crippen LogP contribution in [0.15, 0.2) is 4.99 Å². The summed E-state index contributed by atoms with van der Waals surface area (Å²) >= 11 is 0. The van der Waals surface area contributed by atoms with E-state index >= 15 is 0 Å². The third-order valence-electron chi connectivity index (χ3n) is 0.836. The van der Waals surface area contributed by atoms with Crippen LogP contribution < -0.4 is 22.9 Å². The highest BCUT2D eigenvalue weighted by atomic mass is 16.1. The highest BCUT2D eigenvalue weighted by Crippen LogP contribution is 1.76. The predicted octanol–water partition coefficient (Wildman–Crippen LogP) is -2.93. The number of rotatable bonds is 3.